The van der Waals surface area contributed by atoms with Gasteiger partial charge in [-0.3, -0.25) is 5.43 Å². The Labute approximate surface area is 126 Å². The Hall–Kier alpha value is -1.66. The number of nitrogen functional groups attached to an aromatic ring is 1. The molecule has 0 radical (unpaired) electrons. The van der Waals surface area contributed by atoms with E-state index in [1.54, 1.807) is 6.20 Å². The normalized spacial score (nSPS) is 17.8. The van der Waals surface area contributed by atoms with E-state index in [0.717, 1.165) is 23.1 Å². The minimum Gasteiger partial charge on any atom is -0.322 e. The van der Waals surface area contributed by atoms with Crippen molar-refractivity contribution in [3.05, 3.63) is 40.5 Å². The van der Waals surface area contributed by atoms with Gasteiger partial charge in [-0.15, -0.1) is 0 Å². The molecular formula is C14H16BrN5. The van der Waals surface area contributed by atoms with E-state index in [1.165, 1.54) is 11.3 Å². The van der Waals surface area contributed by atoms with E-state index in [1.807, 2.05) is 0 Å². The molecule has 0 saturated heterocycles. The first-order chi connectivity index (χ1) is 9.70. The SMILES string of the molecule is CC1CCc2ccccc2N1c1nc(NN)ncc1Br. The number of nitrogens with two attached hydrogens (primary N) is 1. The van der Waals surface area contributed by atoms with Crippen LogP contribution in [0.5, 0.6) is 0 Å². The van der Waals surface area contributed by atoms with Crippen molar-refractivity contribution in [3.63, 3.8) is 0 Å². The Bertz CT molecular complexity index is 631. The maximum absolute atomic E-state index is 5.42. The summed E-state index contributed by atoms with van der Waals surface area (Å²) in [6, 6.07) is 8.82. The van der Waals surface area contributed by atoms with Crippen LogP contribution in [0.3, 0.4) is 0 Å². The molecule has 0 fully saturated rings. The van der Waals surface area contributed by atoms with E-state index < -0.39 is 0 Å². The maximum Gasteiger partial charge on any atom is 0.239 e. The molecule has 0 saturated carbocycles. The molecule has 1 aliphatic heterocycles. The fourth-order valence-corrected chi connectivity index (χ4v) is 2.99. The lowest BCUT2D eigenvalue weighted by Crippen LogP contribution is -2.34. The molecule has 1 atom stereocenters. The molecule has 2 heterocycles. The monoisotopic (exact) mass is 333 g/mol. The molecule has 0 spiro atoms. The van der Waals surface area contributed by atoms with Gasteiger partial charge >= 0.3 is 0 Å². The van der Waals surface area contributed by atoms with Crippen LogP contribution in [0.25, 0.3) is 0 Å². The minimum absolute atomic E-state index is 0.377. The summed E-state index contributed by atoms with van der Waals surface area (Å²) in [6.45, 7) is 2.21. The number of rotatable bonds is 2. The molecule has 1 aliphatic rings. The molecule has 0 bridgehead atoms. The zero-order valence-corrected chi connectivity index (χ0v) is 12.8. The van der Waals surface area contributed by atoms with Crippen LogP contribution in [-0.2, 0) is 6.42 Å². The third kappa shape index (κ3) is 2.25. The van der Waals surface area contributed by atoms with Gasteiger partial charge in [0.05, 0.1) is 4.47 Å². The molecule has 1 aromatic carbocycles. The second kappa shape index (κ2) is 5.38. The number of para-hydroxylation sites is 1. The van der Waals surface area contributed by atoms with Crippen LogP contribution >= 0.6 is 15.9 Å². The highest BCUT2D eigenvalue weighted by atomic mass is 79.9. The lowest BCUT2D eigenvalue weighted by Gasteiger charge is -2.36. The van der Waals surface area contributed by atoms with Gasteiger partial charge in [0.1, 0.15) is 0 Å². The van der Waals surface area contributed by atoms with Crippen LogP contribution in [0.1, 0.15) is 18.9 Å². The minimum atomic E-state index is 0.377. The predicted octanol–water partition coefficient (Wildman–Crippen LogP) is 3.00. The quantitative estimate of drug-likeness (QED) is 0.653. The zero-order valence-electron chi connectivity index (χ0n) is 11.2. The Kier molecular flexibility index (Phi) is 3.58. The summed E-state index contributed by atoms with van der Waals surface area (Å²) >= 11 is 3.54. The molecule has 0 amide bonds. The van der Waals surface area contributed by atoms with E-state index >= 15 is 0 Å². The summed E-state index contributed by atoms with van der Waals surface area (Å²) in [5.41, 5.74) is 5.05. The molecule has 3 rings (SSSR count). The molecule has 3 N–H and O–H groups in total. The number of aryl methyl sites for hydroxylation is 1. The summed E-state index contributed by atoms with van der Waals surface area (Å²) in [5, 5.41) is 0. The van der Waals surface area contributed by atoms with Crippen molar-refractivity contribution in [2.24, 2.45) is 5.84 Å². The van der Waals surface area contributed by atoms with Crippen LogP contribution in [0.15, 0.2) is 34.9 Å². The number of nitrogens with zero attached hydrogens (tertiary/aromatic N) is 3. The standard InChI is InChI=1S/C14H16BrN5/c1-9-6-7-10-4-2-3-5-12(10)20(9)13-11(15)8-17-14(18-13)19-16/h2-5,8-9H,6-7,16H2,1H3,(H,17,18,19). The smallest absolute Gasteiger partial charge is 0.239 e. The number of benzene rings is 1. The van der Waals surface area contributed by atoms with Crippen molar-refractivity contribution in [2.45, 2.75) is 25.8 Å². The zero-order chi connectivity index (χ0) is 14.1. The highest BCUT2D eigenvalue weighted by Crippen LogP contribution is 2.38. The van der Waals surface area contributed by atoms with Gasteiger partial charge in [0, 0.05) is 17.9 Å². The Morgan fingerprint density at radius 3 is 3.00 bits per heavy atom. The van der Waals surface area contributed by atoms with Crippen molar-refractivity contribution >= 4 is 33.4 Å². The molecule has 6 heteroatoms. The van der Waals surface area contributed by atoms with Crippen LogP contribution < -0.4 is 16.2 Å². The number of halogens is 1. The van der Waals surface area contributed by atoms with Gasteiger partial charge in [0.15, 0.2) is 5.82 Å². The molecule has 20 heavy (non-hydrogen) atoms. The molecule has 0 aliphatic carbocycles. The number of fused-ring (bicyclic) bond motifs is 1. The number of nitrogens with one attached hydrogen (secondary N) is 1. The van der Waals surface area contributed by atoms with Crippen molar-refractivity contribution < 1.29 is 0 Å². The topological polar surface area (TPSA) is 67.1 Å². The summed E-state index contributed by atoms with van der Waals surface area (Å²) in [6.07, 6.45) is 3.92. The lowest BCUT2D eigenvalue weighted by atomic mass is 9.97. The Balaban J connectivity index is 2.13. The third-order valence-electron chi connectivity index (χ3n) is 3.61. The summed E-state index contributed by atoms with van der Waals surface area (Å²) in [5.74, 6) is 6.67. The van der Waals surface area contributed by atoms with Gasteiger partial charge < -0.3 is 4.90 Å². The predicted molar refractivity (Wildman–Crippen MR) is 83.9 cm³/mol. The Morgan fingerprint density at radius 1 is 1.40 bits per heavy atom. The molecule has 1 unspecified atom stereocenters. The lowest BCUT2D eigenvalue weighted by molar-refractivity contribution is 0.612. The summed E-state index contributed by atoms with van der Waals surface area (Å²) in [7, 11) is 0. The van der Waals surface area contributed by atoms with Crippen molar-refractivity contribution in [1.82, 2.24) is 9.97 Å². The van der Waals surface area contributed by atoms with E-state index in [0.29, 0.717) is 12.0 Å². The third-order valence-corrected chi connectivity index (χ3v) is 4.17. The van der Waals surface area contributed by atoms with Crippen molar-refractivity contribution in [3.8, 4) is 0 Å². The Morgan fingerprint density at radius 2 is 2.20 bits per heavy atom. The van der Waals surface area contributed by atoms with Gasteiger partial charge in [-0.25, -0.2) is 10.8 Å². The highest BCUT2D eigenvalue weighted by molar-refractivity contribution is 9.10. The van der Waals surface area contributed by atoms with E-state index in [-0.39, 0.29) is 0 Å². The second-order valence-electron chi connectivity index (χ2n) is 4.90. The van der Waals surface area contributed by atoms with E-state index in [9.17, 15) is 0 Å². The fraction of sp³-hybridized carbons (Fsp3) is 0.286. The molecular weight excluding hydrogens is 318 g/mol. The average molecular weight is 334 g/mol. The van der Waals surface area contributed by atoms with Gasteiger partial charge in [-0.2, -0.15) is 4.98 Å². The van der Waals surface area contributed by atoms with Gasteiger partial charge in [0.25, 0.3) is 0 Å². The highest BCUT2D eigenvalue weighted by Gasteiger charge is 2.26. The first-order valence-corrected chi connectivity index (χ1v) is 7.36. The first-order valence-electron chi connectivity index (χ1n) is 6.57. The van der Waals surface area contributed by atoms with Crippen LogP contribution in [0.2, 0.25) is 0 Å². The number of aromatic nitrogens is 2. The first kappa shape index (κ1) is 13.3. The number of hydrogen-bond donors (Lipinski definition) is 2. The van der Waals surface area contributed by atoms with Crippen LogP contribution in [0, 0.1) is 0 Å². The summed E-state index contributed by atoms with van der Waals surface area (Å²) < 4.78 is 0.861. The summed E-state index contributed by atoms with van der Waals surface area (Å²) in [4.78, 5) is 10.8. The number of anilines is 3. The largest absolute Gasteiger partial charge is 0.322 e. The molecule has 2 aromatic rings. The van der Waals surface area contributed by atoms with E-state index in [4.69, 9.17) is 5.84 Å². The number of hydrogen-bond acceptors (Lipinski definition) is 5. The molecule has 1 aromatic heterocycles. The molecule has 104 valence electrons. The van der Waals surface area contributed by atoms with Crippen molar-refractivity contribution in [1.29, 1.82) is 0 Å². The van der Waals surface area contributed by atoms with Crippen molar-refractivity contribution in [2.75, 3.05) is 10.3 Å². The average Bonchev–Trinajstić information content (AvgIpc) is 2.48. The number of hydrazine groups is 1. The van der Waals surface area contributed by atoms with Gasteiger partial charge in [0.2, 0.25) is 5.95 Å². The van der Waals surface area contributed by atoms with Gasteiger partial charge in [-0.1, -0.05) is 18.2 Å². The second-order valence-corrected chi connectivity index (χ2v) is 5.75. The van der Waals surface area contributed by atoms with Crippen LogP contribution in [-0.4, -0.2) is 16.0 Å². The molecule has 5 nitrogen and oxygen atoms in total. The van der Waals surface area contributed by atoms with Gasteiger partial charge in [-0.05, 0) is 47.3 Å². The van der Waals surface area contributed by atoms with Crippen LogP contribution in [0.4, 0.5) is 17.5 Å². The maximum atomic E-state index is 5.42. The van der Waals surface area contributed by atoms with E-state index in [2.05, 4.69) is 67.4 Å². The fourth-order valence-electron chi connectivity index (χ4n) is 2.61.